The van der Waals surface area contributed by atoms with E-state index in [2.05, 4.69) is 25.0 Å². The van der Waals surface area contributed by atoms with Crippen molar-refractivity contribution >= 4 is 40.0 Å². The third-order valence-corrected chi connectivity index (χ3v) is 4.78. The minimum Gasteiger partial charge on any atom is -0.434 e. The second kappa shape index (κ2) is 8.31. The van der Waals surface area contributed by atoms with Gasteiger partial charge in [0.2, 0.25) is 5.88 Å². The third kappa shape index (κ3) is 3.86. The lowest BCUT2D eigenvalue weighted by molar-refractivity contribution is 0.428. The molecule has 0 atom stereocenters. The zero-order chi connectivity index (χ0) is 21.1. The van der Waals surface area contributed by atoms with E-state index in [1.165, 1.54) is 24.3 Å². The number of benzene rings is 2. The Labute approximate surface area is 176 Å². The van der Waals surface area contributed by atoms with E-state index < -0.39 is 5.82 Å². The summed E-state index contributed by atoms with van der Waals surface area (Å²) in [5, 5.41) is 13.1. The number of hydrogen-bond acceptors (Lipinski definition) is 7. The fraction of sp³-hybridized carbons (Fsp3) is 0.0952. The summed E-state index contributed by atoms with van der Waals surface area (Å²) in [5.41, 5.74) is 3.27. The van der Waals surface area contributed by atoms with Crippen LogP contribution in [0.3, 0.4) is 0 Å². The van der Waals surface area contributed by atoms with Crippen molar-refractivity contribution in [2.75, 3.05) is 16.3 Å². The average molecular weight is 420 g/mol. The van der Waals surface area contributed by atoms with E-state index in [9.17, 15) is 9.65 Å². The van der Waals surface area contributed by atoms with Gasteiger partial charge in [0.05, 0.1) is 0 Å². The van der Waals surface area contributed by atoms with Gasteiger partial charge in [-0.1, -0.05) is 11.9 Å². The Bertz CT molecular complexity index is 1250. The monoisotopic (exact) mass is 420 g/mol. The lowest BCUT2D eigenvalue weighted by Crippen LogP contribution is -2.02. The number of rotatable bonds is 6. The first-order valence-corrected chi connectivity index (χ1v) is 10.2. The lowest BCUT2D eigenvalue weighted by Gasteiger charge is -2.12. The standard InChI is InChI=1S/C21H17FN6OS/c1-12-9-15-17(26-12)7-8-18(19(15)22)29-21-16(10-23)20(24-11-25-21)27-13-3-5-14(6-4-13)28-30-2/h3-9,11,26,28H,1-2H3,(H,24,25,27). The van der Waals surface area contributed by atoms with Crippen LogP contribution in [0.4, 0.5) is 21.6 Å². The topological polar surface area (TPSA) is 98.7 Å². The van der Waals surface area contributed by atoms with E-state index >= 15 is 0 Å². The first kappa shape index (κ1) is 19.5. The first-order valence-electron chi connectivity index (χ1n) is 8.96. The predicted octanol–water partition coefficient (Wildman–Crippen LogP) is 5.50. The van der Waals surface area contributed by atoms with Gasteiger partial charge in [0.15, 0.2) is 22.9 Å². The van der Waals surface area contributed by atoms with Crippen LogP contribution in [0.15, 0.2) is 48.8 Å². The number of aromatic nitrogens is 3. The Morgan fingerprint density at radius 3 is 2.63 bits per heavy atom. The van der Waals surface area contributed by atoms with Crippen molar-refractivity contribution in [3.63, 3.8) is 0 Å². The van der Waals surface area contributed by atoms with E-state index in [4.69, 9.17) is 4.74 Å². The molecule has 0 amide bonds. The first-order chi connectivity index (χ1) is 14.6. The van der Waals surface area contributed by atoms with E-state index in [1.807, 2.05) is 43.5 Å². The fourth-order valence-corrected chi connectivity index (χ4v) is 3.36. The molecule has 0 saturated carbocycles. The molecule has 0 unspecified atom stereocenters. The van der Waals surface area contributed by atoms with E-state index in [-0.39, 0.29) is 23.0 Å². The highest BCUT2D eigenvalue weighted by molar-refractivity contribution is 7.99. The summed E-state index contributed by atoms with van der Waals surface area (Å²) in [7, 11) is 0. The van der Waals surface area contributed by atoms with E-state index in [1.54, 1.807) is 12.1 Å². The van der Waals surface area contributed by atoms with Crippen molar-refractivity contribution in [2.24, 2.45) is 0 Å². The van der Waals surface area contributed by atoms with Gasteiger partial charge in [-0.05, 0) is 49.4 Å². The number of H-pyrrole nitrogens is 1. The van der Waals surface area contributed by atoms with Gasteiger partial charge in [-0.15, -0.1) is 0 Å². The number of aromatic amines is 1. The molecule has 7 nitrogen and oxygen atoms in total. The number of ether oxygens (including phenoxy) is 1. The minimum absolute atomic E-state index is 0.0184. The Hall–Kier alpha value is -3.77. The van der Waals surface area contributed by atoms with Crippen LogP contribution in [0.1, 0.15) is 11.3 Å². The van der Waals surface area contributed by atoms with Crippen molar-refractivity contribution in [1.82, 2.24) is 15.0 Å². The molecule has 0 aliphatic carbocycles. The highest BCUT2D eigenvalue weighted by atomic mass is 32.2. The summed E-state index contributed by atoms with van der Waals surface area (Å²) >= 11 is 1.49. The molecule has 0 fully saturated rings. The second-order valence-electron chi connectivity index (χ2n) is 6.42. The number of aryl methyl sites for hydroxylation is 1. The highest BCUT2D eigenvalue weighted by Gasteiger charge is 2.17. The fourth-order valence-electron chi connectivity index (χ4n) is 2.99. The maximum absolute atomic E-state index is 14.9. The molecular formula is C21H17FN6OS. The van der Waals surface area contributed by atoms with Gasteiger partial charge in [-0.3, -0.25) is 0 Å². The van der Waals surface area contributed by atoms with Gasteiger partial charge in [0.1, 0.15) is 12.4 Å². The van der Waals surface area contributed by atoms with Crippen molar-refractivity contribution < 1.29 is 9.13 Å². The SMILES string of the molecule is CSNc1ccc(Nc2ncnc(Oc3ccc4[nH]c(C)cc4c3F)c2C#N)cc1. The zero-order valence-electron chi connectivity index (χ0n) is 16.2. The molecule has 4 aromatic rings. The van der Waals surface area contributed by atoms with Crippen molar-refractivity contribution in [3.05, 3.63) is 65.9 Å². The number of anilines is 3. The maximum atomic E-state index is 14.9. The molecule has 0 bridgehead atoms. The molecule has 2 aromatic heterocycles. The van der Waals surface area contributed by atoms with Gasteiger partial charge in [0.25, 0.3) is 0 Å². The molecule has 0 saturated heterocycles. The van der Waals surface area contributed by atoms with Crippen LogP contribution >= 0.6 is 11.9 Å². The second-order valence-corrected chi connectivity index (χ2v) is 7.03. The molecule has 0 spiro atoms. The Morgan fingerprint density at radius 2 is 1.90 bits per heavy atom. The van der Waals surface area contributed by atoms with Crippen molar-refractivity contribution in [1.29, 1.82) is 5.26 Å². The van der Waals surface area contributed by atoms with Gasteiger partial charge in [0, 0.05) is 34.2 Å². The van der Waals surface area contributed by atoms with Crippen LogP contribution in [-0.4, -0.2) is 21.2 Å². The molecule has 0 aliphatic heterocycles. The van der Waals surface area contributed by atoms with Gasteiger partial charge in [-0.25, -0.2) is 14.4 Å². The van der Waals surface area contributed by atoms with Crippen LogP contribution in [0, 0.1) is 24.1 Å². The number of nitrogens with one attached hydrogen (secondary N) is 3. The molecule has 0 aliphatic rings. The van der Waals surface area contributed by atoms with Crippen LogP contribution < -0.4 is 14.8 Å². The number of fused-ring (bicyclic) bond motifs is 1. The van der Waals surface area contributed by atoms with Gasteiger partial charge < -0.3 is 19.8 Å². The normalized spacial score (nSPS) is 10.6. The summed E-state index contributed by atoms with van der Waals surface area (Å²) in [6, 6.07) is 14.5. The number of nitriles is 1. The van der Waals surface area contributed by atoms with Crippen LogP contribution in [-0.2, 0) is 0 Å². The molecule has 2 heterocycles. The van der Waals surface area contributed by atoms with Crippen LogP contribution in [0.5, 0.6) is 11.6 Å². The zero-order valence-corrected chi connectivity index (χ0v) is 17.0. The highest BCUT2D eigenvalue weighted by Crippen LogP contribution is 2.33. The molecule has 2 aromatic carbocycles. The largest absolute Gasteiger partial charge is 0.434 e. The number of nitrogens with zero attached hydrogens (tertiary/aromatic N) is 3. The van der Waals surface area contributed by atoms with Crippen molar-refractivity contribution in [2.45, 2.75) is 6.92 Å². The van der Waals surface area contributed by atoms with Gasteiger partial charge in [-0.2, -0.15) is 5.26 Å². The van der Waals surface area contributed by atoms with Gasteiger partial charge >= 0.3 is 0 Å². The Kier molecular flexibility index (Phi) is 5.41. The number of halogens is 1. The minimum atomic E-state index is -0.522. The summed E-state index contributed by atoms with van der Waals surface area (Å²) in [5.74, 6) is -0.297. The summed E-state index contributed by atoms with van der Waals surface area (Å²) < 4.78 is 23.7. The maximum Gasteiger partial charge on any atom is 0.242 e. The average Bonchev–Trinajstić information content (AvgIpc) is 3.13. The molecular weight excluding hydrogens is 403 g/mol. The lowest BCUT2D eigenvalue weighted by atomic mass is 10.2. The smallest absolute Gasteiger partial charge is 0.242 e. The Balaban J connectivity index is 1.64. The number of hydrogen-bond donors (Lipinski definition) is 3. The van der Waals surface area contributed by atoms with E-state index in [0.29, 0.717) is 10.9 Å². The summed E-state index contributed by atoms with van der Waals surface area (Å²) in [6.45, 7) is 1.85. The molecule has 30 heavy (non-hydrogen) atoms. The molecule has 9 heteroatoms. The molecule has 3 N–H and O–H groups in total. The van der Waals surface area contributed by atoms with E-state index in [0.717, 1.165) is 17.1 Å². The molecule has 150 valence electrons. The van der Waals surface area contributed by atoms with Crippen molar-refractivity contribution in [3.8, 4) is 17.7 Å². The predicted molar refractivity (Wildman–Crippen MR) is 117 cm³/mol. The third-order valence-electron chi connectivity index (χ3n) is 4.34. The quantitative estimate of drug-likeness (QED) is 0.354. The summed E-state index contributed by atoms with van der Waals surface area (Å²) in [4.78, 5) is 11.2. The van der Waals surface area contributed by atoms with Crippen LogP contribution in [0.25, 0.3) is 10.9 Å². The molecule has 4 rings (SSSR count). The van der Waals surface area contributed by atoms with Crippen LogP contribution in [0.2, 0.25) is 0 Å². The molecule has 0 radical (unpaired) electrons. The summed E-state index contributed by atoms with van der Waals surface area (Å²) in [6.07, 6.45) is 3.20. The Morgan fingerprint density at radius 1 is 1.13 bits per heavy atom.